The fourth-order valence-corrected chi connectivity index (χ4v) is 1.97. The smallest absolute Gasteiger partial charge is 0.196 e. The number of halogens is 1. The van der Waals surface area contributed by atoms with E-state index in [1.807, 2.05) is 25.1 Å². The fourth-order valence-electron chi connectivity index (χ4n) is 1.80. The second-order valence-corrected chi connectivity index (χ2v) is 4.54. The SMILES string of the molecule is CCNCCc1ncc(-c2cccc(Cl)c2C)o1. The van der Waals surface area contributed by atoms with Crippen molar-refractivity contribution < 1.29 is 4.42 Å². The van der Waals surface area contributed by atoms with Crippen LogP contribution in [0, 0.1) is 6.92 Å². The molecule has 0 bridgehead atoms. The Morgan fingerprint density at radius 3 is 3.00 bits per heavy atom. The van der Waals surface area contributed by atoms with E-state index >= 15 is 0 Å². The standard InChI is InChI=1S/C14H17ClN2O/c1-3-16-8-7-14-17-9-13(18-14)11-5-4-6-12(15)10(11)2/h4-6,9,16H,3,7-8H2,1-2H3. The fraction of sp³-hybridized carbons (Fsp3) is 0.357. The Morgan fingerprint density at radius 2 is 2.22 bits per heavy atom. The van der Waals surface area contributed by atoms with E-state index in [4.69, 9.17) is 16.0 Å². The first-order valence-electron chi connectivity index (χ1n) is 6.13. The van der Waals surface area contributed by atoms with Crippen LogP contribution < -0.4 is 5.32 Å². The van der Waals surface area contributed by atoms with E-state index in [9.17, 15) is 0 Å². The molecule has 4 heteroatoms. The summed E-state index contributed by atoms with van der Waals surface area (Å²) in [5.41, 5.74) is 2.03. The molecule has 1 heterocycles. The van der Waals surface area contributed by atoms with E-state index in [2.05, 4.69) is 17.2 Å². The van der Waals surface area contributed by atoms with Crippen LogP contribution in [0.2, 0.25) is 5.02 Å². The molecule has 0 radical (unpaired) electrons. The third kappa shape index (κ3) is 2.92. The maximum absolute atomic E-state index is 6.10. The second kappa shape index (κ2) is 6.03. The molecule has 0 unspecified atom stereocenters. The van der Waals surface area contributed by atoms with Gasteiger partial charge in [0.25, 0.3) is 0 Å². The summed E-state index contributed by atoms with van der Waals surface area (Å²) in [7, 11) is 0. The lowest BCUT2D eigenvalue weighted by Gasteiger charge is -2.03. The molecular formula is C14H17ClN2O. The van der Waals surface area contributed by atoms with Crippen LogP contribution in [0.3, 0.4) is 0 Å². The maximum atomic E-state index is 6.10. The summed E-state index contributed by atoms with van der Waals surface area (Å²) in [6, 6.07) is 5.80. The summed E-state index contributed by atoms with van der Waals surface area (Å²) < 4.78 is 5.74. The molecule has 1 aromatic carbocycles. The molecule has 0 saturated carbocycles. The summed E-state index contributed by atoms with van der Waals surface area (Å²) in [6.07, 6.45) is 2.56. The first kappa shape index (κ1) is 13.1. The van der Waals surface area contributed by atoms with Crippen LogP contribution in [0.4, 0.5) is 0 Å². The highest BCUT2D eigenvalue weighted by Crippen LogP contribution is 2.28. The van der Waals surface area contributed by atoms with Crippen molar-refractivity contribution in [3.63, 3.8) is 0 Å². The number of rotatable bonds is 5. The van der Waals surface area contributed by atoms with Crippen LogP contribution in [-0.4, -0.2) is 18.1 Å². The number of hydrogen-bond acceptors (Lipinski definition) is 3. The molecule has 1 N–H and O–H groups in total. The first-order chi connectivity index (χ1) is 8.72. The Kier molecular flexibility index (Phi) is 4.39. The average molecular weight is 265 g/mol. The maximum Gasteiger partial charge on any atom is 0.196 e. The number of likely N-dealkylation sites (N-methyl/N-ethyl adjacent to an activating group) is 1. The number of nitrogens with zero attached hydrogens (tertiary/aromatic N) is 1. The number of hydrogen-bond donors (Lipinski definition) is 1. The van der Waals surface area contributed by atoms with Crippen LogP contribution in [0.1, 0.15) is 18.4 Å². The summed E-state index contributed by atoms with van der Waals surface area (Å²) in [4.78, 5) is 4.29. The van der Waals surface area contributed by atoms with Gasteiger partial charge in [-0.2, -0.15) is 0 Å². The monoisotopic (exact) mass is 264 g/mol. The van der Waals surface area contributed by atoms with Gasteiger partial charge in [0.1, 0.15) is 0 Å². The minimum Gasteiger partial charge on any atom is -0.441 e. The Bertz CT molecular complexity index is 522. The lowest BCUT2D eigenvalue weighted by molar-refractivity contribution is 0.497. The number of benzene rings is 1. The molecule has 0 amide bonds. The normalized spacial score (nSPS) is 10.8. The molecule has 2 aromatic rings. The van der Waals surface area contributed by atoms with Crippen LogP contribution in [0.5, 0.6) is 0 Å². The van der Waals surface area contributed by atoms with E-state index in [0.717, 1.165) is 47.3 Å². The Hall–Kier alpha value is -1.32. The molecule has 2 rings (SSSR count). The van der Waals surface area contributed by atoms with Crippen molar-refractivity contribution in [2.24, 2.45) is 0 Å². The molecule has 0 aliphatic rings. The van der Waals surface area contributed by atoms with Gasteiger partial charge in [-0.25, -0.2) is 4.98 Å². The van der Waals surface area contributed by atoms with Crippen molar-refractivity contribution in [3.8, 4) is 11.3 Å². The van der Waals surface area contributed by atoms with Crippen LogP contribution in [0.15, 0.2) is 28.8 Å². The van der Waals surface area contributed by atoms with Gasteiger partial charge in [0.15, 0.2) is 11.7 Å². The molecule has 0 aliphatic heterocycles. The molecule has 18 heavy (non-hydrogen) atoms. The summed E-state index contributed by atoms with van der Waals surface area (Å²) >= 11 is 6.10. The average Bonchev–Trinajstić information content (AvgIpc) is 2.82. The largest absolute Gasteiger partial charge is 0.441 e. The number of nitrogens with one attached hydrogen (secondary N) is 1. The molecule has 0 fully saturated rings. The van der Waals surface area contributed by atoms with Crippen LogP contribution in [-0.2, 0) is 6.42 Å². The summed E-state index contributed by atoms with van der Waals surface area (Å²) in [6.45, 7) is 5.90. The zero-order valence-corrected chi connectivity index (χ0v) is 11.4. The van der Waals surface area contributed by atoms with E-state index in [0.29, 0.717) is 0 Å². The van der Waals surface area contributed by atoms with Crippen molar-refractivity contribution in [1.82, 2.24) is 10.3 Å². The van der Waals surface area contributed by atoms with E-state index < -0.39 is 0 Å². The predicted molar refractivity (Wildman–Crippen MR) is 73.9 cm³/mol. The van der Waals surface area contributed by atoms with E-state index in [1.165, 1.54) is 0 Å². The first-order valence-corrected chi connectivity index (χ1v) is 6.51. The van der Waals surface area contributed by atoms with Crippen LogP contribution >= 0.6 is 11.6 Å². The highest BCUT2D eigenvalue weighted by Gasteiger charge is 2.10. The van der Waals surface area contributed by atoms with Gasteiger partial charge in [-0.15, -0.1) is 0 Å². The van der Waals surface area contributed by atoms with Crippen LogP contribution in [0.25, 0.3) is 11.3 Å². The zero-order chi connectivity index (χ0) is 13.0. The molecule has 0 atom stereocenters. The third-order valence-corrected chi connectivity index (χ3v) is 3.26. The van der Waals surface area contributed by atoms with Crippen molar-refractivity contribution in [2.45, 2.75) is 20.3 Å². The Labute approximate surface area is 112 Å². The number of oxazole rings is 1. The van der Waals surface area contributed by atoms with Gasteiger partial charge < -0.3 is 9.73 Å². The molecule has 0 spiro atoms. The van der Waals surface area contributed by atoms with Gasteiger partial charge >= 0.3 is 0 Å². The third-order valence-electron chi connectivity index (χ3n) is 2.85. The second-order valence-electron chi connectivity index (χ2n) is 4.13. The molecule has 3 nitrogen and oxygen atoms in total. The van der Waals surface area contributed by atoms with Gasteiger partial charge in [0, 0.05) is 23.6 Å². The molecule has 96 valence electrons. The van der Waals surface area contributed by atoms with Crippen molar-refractivity contribution in [1.29, 1.82) is 0 Å². The summed E-state index contributed by atoms with van der Waals surface area (Å²) in [5, 5.41) is 3.99. The minimum absolute atomic E-state index is 0.748. The molecule has 0 aliphatic carbocycles. The minimum atomic E-state index is 0.748. The summed E-state index contributed by atoms with van der Waals surface area (Å²) in [5.74, 6) is 1.53. The Balaban J connectivity index is 2.16. The number of aromatic nitrogens is 1. The van der Waals surface area contributed by atoms with Crippen molar-refractivity contribution in [3.05, 3.63) is 40.9 Å². The van der Waals surface area contributed by atoms with Gasteiger partial charge in [-0.3, -0.25) is 0 Å². The van der Waals surface area contributed by atoms with Gasteiger partial charge in [-0.1, -0.05) is 30.7 Å². The van der Waals surface area contributed by atoms with Crippen molar-refractivity contribution >= 4 is 11.6 Å². The quantitative estimate of drug-likeness (QED) is 0.841. The highest BCUT2D eigenvalue weighted by molar-refractivity contribution is 6.31. The lowest BCUT2D eigenvalue weighted by Crippen LogP contribution is -2.16. The Morgan fingerprint density at radius 1 is 1.39 bits per heavy atom. The van der Waals surface area contributed by atoms with Gasteiger partial charge in [0.2, 0.25) is 0 Å². The zero-order valence-electron chi connectivity index (χ0n) is 10.7. The molecule has 1 aromatic heterocycles. The van der Waals surface area contributed by atoms with E-state index in [1.54, 1.807) is 6.20 Å². The van der Waals surface area contributed by atoms with Crippen molar-refractivity contribution in [2.75, 3.05) is 13.1 Å². The highest BCUT2D eigenvalue weighted by atomic mass is 35.5. The predicted octanol–water partition coefficient (Wildman–Crippen LogP) is 3.46. The molecule has 0 saturated heterocycles. The molecular weight excluding hydrogens is 248 g/mol. The van der Waals surface area contributed by atoms with E-state index in [-0.39, 0.29) is 0 Å². The van der Waals surface area contributed by atoms with Gasteiger partial charge in [0.05, 0.1) is 6.20 Å². The topological polar surface area (TPSA) is 38.1 Å². The lowest BCUT2D eigenvalue weighted by atomic mass is 10.1. The van der Waals surface area contributed by atoms with Gasteiger partial charge in [-0.05, 0) is 25.1 Å².